The Hall–Kier alpha value is -2.71. The van der Waals surface area contributed by atoms with Crippen LogP contribution >= 0.6 is 0 Å². The molecule has 0 saturated carbocycles. The molecule has 0 aliphatic carbocycles. The summed E-state index contributed by atoms with van der Waals surface area (Å²) in [7, 11) is -3.65. The van der Waals surface area contributed by atoms with Crippen LogP contribution in [0.15, 0.2) is 53.4 Å². The first-order chi connectivity index (χ1) is 13.9. The summed E-state index contributed by atoms with van der Waals surface area (Å²) in [5.41, 5.74) is 1.70. The lowest BCUT2D eigenvalue weighted by molar-refractivity contribution is -0.116. The third kappa shape index (κ3) is 5.42. The molecule has 3 rings (SSSR count). The van der Waals surface area contributed by atoms with Gasteiger partial charge in [0.05, 0.1) is 12.1 Å². The van der Waals surface area contributed by atoms with Crippen molar-refractivity contribution in [2.75, 3.05) is 23.7 Å². The van der Waals surface area contributed by atoms with Crippen LogP contribution in [0.2, 0.25) is 0 Å². The van der Waals surface area contributed by atoms with E-state index in [1.54, 1.807) is 42.5 Å². The Morgan fingerprint density at radius 3 is 2.24 bits per heavy atom. The lowest BCUT2D eigenvalue weighted by atomic mass is 10.1. The maximum Gasteiger partial charge on any atom is 0.245 e. The molecular weight excluding hydrogens is 390 g/mol. The van der Waals surface area contributed by atoms with Gasteiger partial charge in [-0.2, -0.15) is 4.31 Å². The van der Waals surface area contributed by atoms with Crippen molar-refractivity contribution in [1.29, 1.82) is 0 Å². The topological polar surface area (TPSA) is 95.6 Å². The van der Waals surface area contributed by atoms with E-state index >= 15 is 0 Å². The zero-order chi connectivity index (χ0) is 20.9. The molecule has 0 radical (unpaired) electrons. The van der Waals surface area contributed by atoms with Gasteiger partial charge in [0.1, 0.15) is 4.90 Å². The number of amides is 2. The molecule has 2 aromatic carbocycles. The monoisotopic (exact) mass is 415 g/mol. The summed E-state index contributed by atoms with van der Waals surface area (Å²) in [5, 5.41) is 5.41. The number of benzene rings is 2. The third-order valence-corrected chi connectivity index (χ3v) is 6.69. The molecule has 154 valence electrons. The molecule has 1 aliphatic heterocycles. The lowest BCUT2D eigenvalue weighted by Crippen LogP contribution is -2.36. The van der Waals surface area contributed by atoms with Crippen LogP contribution in [0, 0.1) is 0 Å². The van der Waals surface area contributed by atoms with E-state index in [0.717, 1.165) is 24.8 Å². The fourth-order valence-corrected chi connectivity index (χ4v) is 4.99. The van der Waals surface area contributed by atoms with E-state index in [1.807, 2.05) is 0 Å². The molecule has 0 unspecified atom stereocenters. The number of hydrogen-bond donors (Lipinski definition) is 2. The lowest BCUT2D eigenvalue weighted by Gasteiger charge is -2.26. The molecule has 1 saturated heterocycles. The molecule has 0 atom stereocenters. The molecule has 0 aromatic heterocycles. The van der Waals surface area contributed by atoms with E-state index in [-0.39, 0.29) is 28.8 Å². The second-order valence-electron chi connectivity index (χ2n) is 7.06. The van der Waals surface area contributed by atoms with E-state index in [0.29, 0.717) is 18.8 Å². The van der Waals surface area contributed by atoms with Crippen molar-refractivity contribution in [2.24, 2.45) is 0 Å². The van der Waals surface area contributed by atoms with Crippen LogP contribution in [0.4, 0.5) is 11.4 Å². The van der Waals surface area contributed by atoms with Crippen LogP contribution in [0.25, 0.3) is 0 Å². The number of para-hydroxylation sites is 1. The Bertz CT molecular complexity index is 981. The second-order valence-corrected chi connectivity index (χ2v) is 8.97. The van der Waals surface area contributed by atoms with Gasteiger partial charge in [-0.05, 0) is 42.7 Å². The summed E-state index contributed by atoms with van der Waals surface area (Å²) in [6, 6.07) is 13.4. The minimum absolute atomic E-state index is 0.0957. The fourth-order valence-electron chi connectivity index (χ4n) is 3.33. The predicted octanol–water partition coefficient (Wildman–Crippen LogP) is 3.00. The summed E-state index contributed by atoms with van der Waals surface area (Å²) in [4.78, 5) is 23.7. The zero-order valence-corrected chi connectivity index (χ0v) is 17.2. The molecule has 8 heteroatoms. The highest BCUT2D eigenvalue weighted by Crippen LogP contribution is 2.27. The number of rotatable bonds is 6. The van der Waals surface area contributed by atoms with Crippen molar-refractivity contribution in [1.82, 2.24) is 4.31 Å². The molecule has 2 N–H and O–H groups in total. The Morgan fingerprint density at radius 2 is 1.59 bits per heavy atom. The van der Waals surface area contributed by atoms with Crippen molar-refractivity contribution in [3.63, 3.8) is 0 Å². The first kappa shape index (κ1) is 21.0. The highest BCUT2D eigenvalue weighted by Gasteiger charge is 2.28. The molecule has 2 amide bonds. The molecule has 7 nitrogen and oxygen atoms in total. The highest BCUT2D eigenvalue weighted by molar-refractivity contribution is 7.89. The van der Waals surface area contributed by atoms with Crippen LogP contribution in [-0.4, -0.2) is 37.6 Å². The number of anilines is 2. The summed E-state index contributed by atoms with van der Waals surface area (Å²) in [6.45, 7) is 2.44. The predicted molar refractivity (Wildman–Crippen MR) is 112 cm³/mol. The van der Waals surface area contributed by atoms with Crippen LogP contribution in [0.3, 0.4) is 0 Å². The Balaban J connectivity index is 1.72. The maximum absolute atomic E-state index is 13.0. The third-order valence-electron chi connectivity index (χ3n) is 4.73. The number of carbonyl (C=O) groups is 2. The Morgan fingerprint density at radius 1 is 0.931 bits per heavy atom. The van der Waals surface area contributed by atoms with E-state index in [9.17, 15) is 18.0 Å². The number of piperidine rings is 1. The van der Waals surface area contributed by atoms with Crippen molar-refractivity contribution < 1.29 is 18.0 Å². The van der Waals surface area contributed by atoms with Crippen molar-refractivity contribution in [3.8, 4) is 0 Å². The van der Waals surface area contributed by atoms with Gasteiger partial charge in [0, 0.05) is 25.7 Å². The average Bonchev–Trinajstić information content (AvgIpc) is 2.70. The number of nitrogens with zero attached hydrogens (tertiary/aromatic N) is 1. The smallest absolute Gasteiger partial charge is 0.245 e. The van der Waals surface area contributed by atoms with Gasteiger partial charge in [-0.1, -0.05) is 30.7 Å². The normalized spacial score (nSPS) is 14.9. The summed E-state index contributed by atoms with van der Waals surface area (Å²) in [5.74, 6) is -0.472. The molecule has 1 fully saturated rings. The van der Waals surface area contributed by atoms with Gasteiger partial charge >= 0.3 is 0 Å². The molecule has 0 spiro atoms. The van der Waals surface area contributed by atoms with Crippen molar-refractivity contribution in [2.45, 2.75) is 37.5 Å². The van der Waals surface area contributed by atoms with Crippen LogP contribution < -0.4 is 10.6 Å². The largest absolute Gasteiger partial charge is 0.326 e. The first-order valence-electron chi connectivity index (χ1n) is 9.62. The van der Waals surface area contributed by atoms with Crippen molar-refractivity contribution in [3.05, 3.63) is 54.1 Å². The van der Waals surface area contributed by atoms with Crippen LogP contribution in [0.5, 0.6) is 0 Å². The second kappa shape index (κ2) is 9.19. The Kier molecular flexibility index (Phi) is 6.66. The quantitative estimate of drug-likeness (QED) is 0.758. The number of hydrogen-bond acceptors (Lipinski definition) is 4. The minimum Gasteiger partial charge on any atom is -0.326 e. The van der Waals surface area contributed by atoms with Crippen molar-refractivity contribution >= 4 is 33.2 Å². The fraction of sp³-hybridized carbons (Fsp3) is 0.333. The standard InChI is InChI=1S/C21H25N3O4S/c1-16(25)22-18-11-9-17(10-12-18)15-21(26)23-19-7-3-4-8-20(19)29(27,28)24-13-5-2-6-14-24/h3-4,7-12H,2,5-6,13-15H2,1H3,(H,22,25)(H,23,26). The minimum atomic E-state index is -3.65. The number of carbonyl (C=O) groups excluding carboxylic acids is 2. The van der Waals surface area contributed by atoms with Gasteiger partial charge in [0.15, 0.2) is 0 Å². The van der Waals surface area contributed by atoms with Gasteiger partial charge in [0.2, 0.25) is 21.8 Å². The van der Waals surface area contributed by atoms with Gasteiger partial charge in [-0.15, -0.1) is 0 Å². The molecule has 1 heterocycles. The van der Waals surface area contributed by atoms with Crippen LogP contribution in [-0.2, 0) is 26.0 Å². The first-order valence-corrected chi connectivity index (χ1v) is 11.1. The van der Waals surface area contributed by atoms with Gasteiger partial charge < -0.3 is 10.6 Å². The zero-order valence-electron chi connectivity index (χ0n) is 16.3. The molecule has 29 heavy (non-hydrogen) atoms. The molecular formula is C21H25N3O4S. The van der Waals surface area contributed by atoms with Gasteiger partial charge in [-0.25, -0.2) is 8.42 Å². The van der Waals surface area contributed by atoms with Crippen LogP contribution in [0.1, 0.15) is 31.7 Å². The van der Waals surface area contributed by atoms with E-state index in [2.05, 4.69) is 10.6 Å². The summed E-state index contributed by atoms with van der Waals surface area (Å²) in [6.07, 6.45) is 2.83. The van der Waals surface area contributed by atoms with Gasteiger partial charge in [0.25, 0.3) is 0 Å². The molecule has 1 aliphatic rings. The Labute approximate surface area is 171 Å². The van der Waals surface area contributed by atoms with E-state index < -0.39 is 10.0 Å². The summed E-state index contributed by atoms with van der Waals surface area (Å²) >= 11 is 0. The van der Waals surface area contributed by atoms with Gasteiger partial charge in [-0.3, -0.25) is 9.59 Å². The van der Waals surface area contributed by atoms with E-state index in [1.165, 1.54) is 17.3 Å². The molecule has 2 aromatic rings. The molecule has 0 bridgehead atoms. The number of nitrogens with one attached hydrogen (secondary N) is 2. The number of sulfonamides is 1. The maximum atomic E-state index is 13.0. The highest BCUT2D eigenvalue weighted by atomic mass is 32.2. The average molecular weight is 416 g/mol. The van der Waals surface area contributed by atoms with E-state index in [4.69, 9.17) is 0 Å². The summed E-state index contributed by atoms with van der Waals surface area (Å²) < 4.78 is 27.5. The SMILES string of the molecule is CC(=O)Nc1ccc(CC(=O)Nc2ccccc2S(=O)(=O)N2CCCCC2)cc1.